The van der Waals surface area contributed by atoms with Gasteiger partial charge in [0.05, 0.1) is 12.5 Å². The Balaban J connectivity index is 1.51. The molecule has 0 aliphatic rings. The number of oxime groups is 1. The van der Waals surface area contributed by atoms with Gasteiger partial charge in [-0.3, -0.25) is 4.79 Å². The molecule has 0 heterocycles. The van der Waals surface area contributed by atoms with E-state index in [0.717, 1.165) is 11.1 Å². The molecule has 32 heavy (non-hydrogen) atoms. The van der Waals surface area contributed by atoms with Crippen LogP contribution in [0.2, 0.25) is 0 Å². The van der Waals surface area contributed by atoms with E-state index in [4.69, 9.17) is 19.4 Å². The predicted molar refractivity (Wildman–Crippen MR) is 120 cm³/mol. The molecule has 2 N–H and O–H groups in total. The second-order valence-electron chi connectivity index (χ2n) is 6.99. The zero-order chi connectivity index (χ0) is 22.8. The first-order valence-corrected chi connectivity index (χ1v) is 10.0. The number of nitrogens with zero attached hydrogens (tertiary/aromatic N) is 1. The predicted octanol–water partition coefficient (Wildman–Crippen LogP) is 4.20. The minimum Gasteiger partial charge on any atom is -0.489 e. The van der Waals surface area contributed by atoms with Crippen LogP contribution in [-0.4, -0.2) is 35.6 Å². The number of ether oxygens (including phenoxy) is 2. The van der Waals surface area contributed by atoms with E-state index in [1.165, 1.54) is 7.11 Å². The van der Waals surface area contributed by atoms with Crippen molar-refractivity contribution in [3.63, 3.8) is 0 Å². The highest BCUT2D eigenvalue weighted by molar-refractivity contribution is 6.01. The fraction of sp³-hybridized carbons (Fsp3) is 0.200. The van der Waals surface area contributed by atoms with Crippen molar-refractivity contribution in [3.8, 4) is 11.5 Å². The van der Waals surface area contributed by atoms with Crippen molar-refractivity contribution in [3.05, 3.63) is 95.6 Å². The average molecular weight is 435 g/mol. The van der Waals surface area contributed by atoms with Crippen LogP contribution in [0.5, 0.6) is 11.5 Å². The molecule has 1 unspecified atom stereocenters. The summed E-state index contributed by atoms with van der Waals surface area (Å²) in [6.45, 7) is 0.630. The molecule has 0 aliphatic carbocycles. The van der Waals surface area contributed by atoms with Crippen molar-refractivity contribution < 1.29 is 29.3 Å². The molecule has 166 valence electrons. The molecule has 3 rings (SSSR count). The van der Waals surface area contributed by atoms with Crippen molar-refractivity contribution in [2.24, 2.45) is 5.16 Å². The molecule has 0 saturated heterocycles. The van der Waals surface area contributed by atoms with Gasteiger partial charge in [-0.2, -0.15) is 0 Å². The van der Waals surface area contributed by atoms with Crippen LogP contribution in [0, 0.1) is 0 Å². The SMILES string of the molecule is CO/N=C(/COc1ccc(COc2ccc(C(O)CC(=O)O)cc2)cc1)c1ccccc1. The Labute approximate surface area is 186 Å². The highest BCUT2D eigenvalue weighted by Gasteiger charge is 2.12. The summed E-state index contributed by atoms with van der Waals surface area (Å²) in [6, 6.07) is 24.0. The number of rotatable bonds is 11. The number of benzene rings is 3. The Morgan fingerprint density at radius 1 is 0.906 bits per heavy atom. The van der Waals surface area contributed by atoms with Crippen molar-refractivity contribution in [1.82, 2.24) is 0 Å². The molecule has 0 aromatic heterocycles. The van der Waals surface area contributed by atoms with E-state index in [9.17, 15) is 9.90 Å². The average Bonchev–Trinajstić information content (AvgIpc) is 2.81. The fourth-order valence-corrected chi connectivity index (χ4v) is 2.97. The van der Waals surface area contributed by atoms with E-state index in [0.29, 0.717) is 29.4 Å². The molecule has 0 radical (unpaired) electrons. The molecule has 0 amide bonds. The first-order valence-electron chi connectivity index (χ1n) is 10.0. The third-order valence-electron chi connectivity index (χ3n) is 4.65. The van der Waals surface area contributed by atoms with Gasteiger partial charge in [0.25, 0.3) is 0 Å². The van der Waals surface area contributed by atoms with E-state index in [1.54, 1.807) is 24.3 Å². The molecule has 0 aliphatic heterocycles. The number of aliphatic hydroxyl groups excluding tert-OH is 1. The molecule has 3 aromatic rings. The van der Waals surface area contributed by atoms with Crippen LogP contribution in [-0.2, 0) is 16.2 Å². The molecule has 7 nitrogen and oxygen atoms in total. The van der Waals surface area contributed by atoms with Crippen molar-refractivity contribution in [2.75, 3.05) is 13.7 Å². The number of carboxylic acid groups (broad SMARTS) is 1. The van der Waals surface area contributed by atoms with E-state index in [-0.39, 0.29) is 13.0 Å². The largest absolute Gasteiger partial charge is 0.489 e. The van der Waals surface area contributed by atoms with Crippen LogP contribution in [0.25, 0.3) is 0 Å². The molecular weight excluding hydrogens is 410 g/mol. The minimum atomic E-state index is -1.05. The molecule has 0 saturated carbocycles. The summed E-state index contributed by atoms with van der Waals surface area (Å²) in [5.41, 5.74) is 3.12. The molecule has 0 bridgehead atoms. The molecule has 0 fully saturated rings. The molecular formula is C25H25NO6. The minimum absolute atomic E-state index is 0.272. The summed E-state index contributed by atoms with van der Waals surface area (Å²) in [5.74, 6) is 0.276. The number of carboxylic acids is 1. The number of aliphatic hydroxyl groups is 1. The lowest BCUT2D eigenvalue weighted by atomic mass is 10.1. The van der Waals surface area contributed by atoms with Gasteiger partial charge in [0.1, 0.15) is 37.5 Å². The first-order chi connectivity index (χ1) is 15.5. The topological polar surface area (TPSA) is 97.6 Å². The summed E-state index contributed by atoms with van der Waals surface area (Å²) < 4.78 is 11.6. The van der Waals surface area contributed by atoms with Gasteiger partial charge in [-0.05, 0) is 35.4 Å². The van der Waals surface area contributed by atoms with Crippen molar-refractivity contribution in [1.29, 1.82) is 0 Å². The molecule has 1 atom stereocenters. The third kappa shape index (κ3) is 6.85. The summed E-state index contributed by atoms with van der Waals surface area (Å²) in [6.07, 6.45) is -1.37. The standard InChI is InChI=1S/C25H25NO6/c1-30-26-23(19-5-3-2-4-6-19)17-32-21-11-7-18(8-12-21)16-31-22-13-9-20(10-14-22)24(27)15-25(28)29/h2-14,24,27H,15-17H2,1H3,(H,28,29)/b26-23-. The van der Waals surface area contributed by atoms with Gasteiger partial charge in [-0.25, -0.2) is 0 Å². The lowest BCUT2D eigenvalue weighted by molar-refractivity contribution is -0.139. The van der Waals surface area contributed by atoms with E-state index in [1.807, 2.05) is 54.6 Å². The lowest BCUT2D eigenvalue weighted by Crippen LogP contribution is -2.13. The normalized spacial score (nSPS) is 12.1. The van der Waals surface area contributed by atoms with Crippen LogP contribution in [0.1, 0.15) is 29.2 Å². The highest BCUT2D eigenvalue weighted by Crippen LogP contribution is 2.21. The van der Waals surface area contributed by atoms with Gasteiger partial charge >= 0.3 is 5.97 Å². The third-order valence-corrected chi connectivity index (χ3v) is 4.65. The lowest BCUT2D eigenvalue weighted by Gasteiger charge is -2.11. The Morgan fingerprint density at radius 3 is 2.16 bits per heavy atom. The zero-order valence-electron chi connectivity index (χ0n) is 17.7. The van der Waals surface area contributed by atoms with Crippen molar-refractivity contribution >= 4 is 11.7 Å². The maximum Gasteiger partial charge on any atom is 0.306 e. The van der Waals surface area contributed by atoms with Crippen LogP contribution in [0.3, 0.4) is 0 Å². The zero-order valence-corrected chi connectivity index (χ0v) is 17.7. The quantitative estimate of drug-likeness (QED) is 0.346. The monoisotopic (exact) mass is 435 g/mol. The van der Waals surface area contributed by atoms with E-state index < -0.39 is 12.1 Å². The maximum absolute atomic E-state index is 10.7. The Hall–Kier alpha value is -3.84. The van der Waals surface area contributed by atoms with Gasteiger partial charge in [0.2, 0.25) is 0 Å². The first kappa shape index (κ1) is 22.8. The van der Waals surface area contributed by atoms with Crippen LogP contribution >= 0.6 is 0 Å². The second-order valence-corrected chi connectivity index (χ2v) is 6.99. The van der Waals surface area contributed by atoms with E-state index >= 15 is 0 Å². The Morgan fingerprint density at radius 2 is 1.53 bits per heavy atom. The summed E-state index contributed by atoms with van der Waals surface area (Å²) in [7, 11) is 1.50. The molecule has 3 aromatic carbocycles. The van der Waals surface area contributed by atoms with Crippen LogP contribution in [0.15, 0.2) is 84.0 Å². The van der Waals surface area contributed by atoms with E-state index in [2.05, 4.69) is 5.16 Å². The summed E-state index contributed by atoms with van der Waals surface area (Å²) >= 11 is 0. The number of hydrogen-bond donors (Lipinski definition) is 2. The van der Waals surface area contributed by atoms with Gasteiger partial charge < -0.3 is 24.5 Å². The van der Waals surface area contributed by atoms with Gasteiger partial charge in [-0.15, -0.1) is 0 Å². The number of aliphatic carboxylic acids is 1. The maximum atomic E-state index is 10.7. The van der Waals surface area contributed by atoms with Crippen molar-refractivity contribution in [2.45, 2.75) is 19.1 Å². The molecule has 7 heteroatoms. The van der Waals surface area contributed by atoms with Crippen LogP contribution in [0.4, 0.5) is 0 Å². The Bertz CT molecular complexity index is 1020. The number of hydrogen-bond acceptors (Lipinski definition) is 6. The van der Waals surface area contributed by atoms with Crippen LogP contribution < -0.4 is 9.47 Å². The number of carbonyl (C=O) groups is 1. The van der Waals surface area contributed by atoms with Gasteiger partial charge in [0, 0.05) is 5.56 Å². The fourth-order valence-electron chi connectivity index (χ4n) is 2.97. The smallest absolute Gasteiger partial charge is 0.306 e. The highest BCUT2D eigenvalue weighted by atomic mass is 16.6. The molecule has 0 spiro atoms. The van der Waals surface area contributed by atoms with Gasteiger partial charge in [0.15, 0.2) is 0 Å². The summed E-state index contributed by atoms with van der Waals surface area (Å²) in [5, 5.41) is 22.7. The summed E-state index contributed by atoms with van der Waals surface area (Å²) in [4.78, 5) is 15.6. The second kappa shape index (κ2) is 11.5. The van der Waals surface area contributed by atoms with Gasteiger partial charge in [-0.1, -0.05) is 59.8 Å². The Kier molecular flexibility index (Phi) is 8.22.